The number of rotatable bonds is 2. The molecule has 1 saturated carbocycles. The van der Waals surface area contributed by atoms with E-state index in [9.17, 15) is 5.11 Å². The minimum atomic E-state index is -0.547. The van der Waals surface area contributed by atoms with Crippen molar-refractivity contribution in [2.24, 2.45) is 11.8 Å². The molecule has 0 bridgehead atoms. The monoisotopic (exact) mass is 154 g/mol. The van der Waals surface area contributed by atoms with Crippen LogP contribution in [-0.4, -0.2) is 10.7 Å². The van der Waals surface area contributed by atoms with Crippen LogP contribution in [0.2, 0.25) is 0 Å². The van der Waals surface area contributed by atoms with Crippen molar-refractivity contribution >= 4 is 0 Å². The first-order valence-electron chi connectivity index (χ1n) is 4.43. The summed E-state index contributed by atoms with van der Waals surface area (Å²) in [6.45, 7) is 8.10. The van der Waals surface area contributed by atoms with Gasteiger partial charge in [-0.2, -0.15) is 0 Å². The van der Waals surface area contributed by atoms with Crippen molar-refractivity contribution in [3.05, 3.63) is 12.7 Å². The fourth-order valence-corrected chi connectivity index (χ4v) is 1.85. The maximum atomic E-state index is 9.80. The van der Waals surface area contributed by atoms with E-state index in [4.69, 9.17) is 0 Å². The van der Waals surface area contributed by atoms with Crippen LogP contribution in [0.1, 0.15) is 33.1 Å². The maximum Gasteiger partial charge on any atom is 0.0827 e. The summed E-state index contributed by atoms with van der Waals surface area (Å²) in [7, 11) is 0. The fraction of sp³-hybridized carbons (Fsp3) is 0.800. The molecule has 1 aliphatic carbocycles. The highest BCUT2D eigenvalue weighted by Crippen LogP contribution is 2.38. The van der Waals surface area contributed by atoms with E-state index < -0.39 is 5.60 Å². The van der Waals surface area contributed by atoms with Crippen molar-refractivity contribution in [2.45, 2.75) is 38.7 Å². The topological polar surface area (TPSA) is 20.2 Å². The van der Waals surface area contributed by atoms with Crippen LogP contribution >= 0.6 is 0 Å². The summed E-state index contributed by atoms with van der Waals surface area (Å²) >= 11 is 0. The average molecular weight is 154 g/mol. The zero-order valence-electron chi connectivity index (χ0n) is 7.51. The van der Waals surface area contributed by atoms with Gasteiger partial charge in [-0.3, -0.25) is 0 Å². The van der Waals surface area contributed by atoms with Crippen molar-refractivity contribution in [2.75, 3.05) is 0 Å². The molecule has 0 spiro atoms. The van der Waals surface area contributed by atoms with Gasteiger partial charge in [0.05, 0.1) is 5.60 Å². The van der Waals surface area contributed by atoms with Crippen molar-refractivity contribution in [3.8, 4) is 0 Å². The van der Waals surface area contributed by atoms with Gasteiger partial charge in [-0.05, 0) is 31.1 Å². The summed E-state index contributed by atoms with van der Waals surface area (Å²) < 4.78 is 0. The molecule has 0 aliphatic heterocycles. The van der Waals surface area contributed by atoms with Crippen LogP contribution in [-0.2, 0) is 0 Å². The van der Waals surface area contributed by atoms with Gasteiger partial charge < -0.3 is 5.11 Å². The molecule has 0 aromatic rings. The second-order valence-corrected chi connectivity index (χ2v) is 4.05. The number of hydrogen-bond acceptors (Lipinski definition) is 1. The third-order valence-corrected chi connectivity index (χ3v) is 2.89. The van der Waals surface area contributed by atoms with E-state index >= 15 is 0 Å². The van der Waals surface area contributed by atoms with E-state index in [0.29, 0.717) is 11.8 Å². The first kappa shape index (κ1) is 8.79. The summed E-state index contributed by atoms with van der Waals surface area (Å²) in [5.41, 5.74) is -0.547. The minimum absolute atomic E-state index is 0.547. The third-order valence-electron chi connectivity index (χ3n) is 2.89. The van der Waals surface area contributed by atoms with Crippen LogP contribution in [0, 0.1) is 11.8 Å². The van der Waals surface area contributed by atoms with Crippen LogP contribution in [0.3, 0.4) is 0 Å². The van der Waals surface area contributed by atoms with Crippen LogP contribution in [0.25, 0.3) is 0 Å². The molecular weight excluding hydrogens is 136 g/mol. The van der Waals surface area contributed by atoms with Crippen molar-refractivity contribution in [1.29, 1.82) is 0 Å². The molecule has 0 saturated heterocycles. The zero-order valence-corrected chi connectivity index (χ0v) is 7.51. The lowest BCUT2D eigenvalue weighted by Crippen LogP contribution is -2.21. The maximum absolute atomic E-state index is 9.80. The van der Waals surface area contributed by atoms with E-state index in [1.54, 1.807) is 6.08 Å². The molecule has 1 rings (SSSR count). The van der Waals surface area contributed by atoms with Gasteiger partial charge in [0.2, 0.25) is 0 Å². The van der Waals surface area contributed by atoms with E-state index in [1.165, 1.54) is 0 Å². The highest BCUT2D eigenvalue weighted by atomic mass is 16.3. The molecule has 1 aliphatic rings. The van der Waals surface area contributed by atoms with Gasteiger partial charge in [0.25, 0.3) is 0 Å². The Morgan fingerprint density at radius 2 is 2.27 bits per heavy atom. The number of aliphatic hydroxyl groups is 1. The van der Waals surface area contributed by atoms with Crippen LogP contribution in [0.15, 0.2) is 12.7 Å². The van der Waals surface area contributed by atoms with Crippen LogP contribution in [0.5, 0.6) is 0 Å². The second kappa shape index (κ2) is 2.98. The second-order valence-electron chi connectivity index (χ2n) is 4.05. The van der Waals surface area contributed by atoms with Gasteiger partial charge >= 0.3 is 0 Å². The summed E-state index contributed by atoms with van der Waals surface area (Å²) in [6.07, 6.45) is 4.67. The third kappa shape index (κ3) is 1.84. The van der Waals surface area contributed by atoms with E-state index in [-0.39, 0.29) is 0 Å². The molecular formula is C10H18O. The molecule has 2 atom stereocenters. The Kier molecular flexibility index (Phi) is 2.38. The Labute approximate surface area is 69.1 Å². The lowest BCUT2D eigenvalue weighted by Gasteiger charge is -2.18. The van der Waals surface area contributed by atoms with Gasteiger partial charge in [-0.25, -0.2) is 0 Å². The van der Waals surface area contributed by atoms with Gasteiger partial charge in [0, 0.05) is 0 Å². The van der Waals surface area contributed by atoms with E-state index in [0.717, 1.165) is 19.3 Å². The Morgan fingerprint density at radius 1 is 1.64 bits per heavy atom. The number of hydrogen-bond donors (Lipinski definition) is 1. The predicted octanol–water partition coefficient (Wildman–Crippen LogP) is 2.36. The molecule has 0 heterocycles. The van der Waals surface area contributed by atoms with Gasteiger partial charge in [-0.1, -0.05) is 19.9 Å². The van der Waals surface area contributed by atoms with Gasteiger partial charge in [0.1, 0.15) is 0 Å². The summed E-state index contributed by atoms with van der Waals surface area (Å²) in [6, 6.07) is 0. The van der Waals surface area contributed by atoms with E-state index in [2.05, 4.69) is 20.4 Å². The largest absolute Gasteiger partial charge is 0.386 e. The molecule has 1 N–H and O–H groups in total. The van der Waals surface area contributed by atoms with Crippen LogP contribution in [0.4, 0.5) is 0 Å². The van der Waals surface area contributed by atoms with Crippen molar-refractivity contribution in [1.82, 2.24) is 0 Å². The Bertz CT molecular complexity index is 151. The standard InChI is InChI=1S/C10H18O/c1-4-10(11)6-5-9(7-10)8(2)3/h4,8-9,11H,1,5-7H2,2-3H3/t9-,10-/m0/s1. The normalized spacial score (nSPS) is 38.0. The molecule has 1 heteroatoms. The Hall–Kier alpha value is -0.300. The first-order valence-corrected chi connectivity index (χ1v) is 4.43. The summed E-state index contributed by atoms with van der Waals surface area (Å²) in [5.74, 6) is 1.39. The molecule has 11 heavy (non-hydrogen) atoms. The summed E-state index contributed by atoms with van der Waals surface area (Å²) in [4.78, 5) is 0. The molecule has 1 nitrogen and oxygen atoms in total. The Balaban J connectivity index is 2.52. The molecule has 0 unspecified atom stereocenters. The van der Waals surface area contributed by atoms with Crippen molar-refractivity contribution in [3.63, 3.8) is 0 Å². The highest BCUT2D eigenvalue weighted by Gasteiger charge is 2.35. The molecule has 0 aromatic carbocycles. The summed E-state index contributed by atoms with van der Waals surface area (Å²) in [5, 5.41) is 9.80. The van der Waals surface area contributed by atoms with E-state index in [1.807, 2.05) is 0 Å². The predicted molar refractivity (Wildman–Crippen MR) is 47.3 cm³/mol. The lowest BCUT2D eigenvalue weighted by molar-refractivity contribution is 0.0918. The molecule has 0 amide bonds. The average Bonchev–Trinajstić information content (AvgIpc) is 2.33. The minimum Gasteiger partial charge on any atom is -0.386 e. The Morgan fingerprint density at radius 3 is 2.55 bits per heavy atom. The van der Waals surface area contributed by atoms with Gasteiger partial charge in [-0.15, -0.1) is 6.58 Å². The SMILES string of the molecule is C=C[C@]1(O)CC[C@H](C(C)C)C1. The zero-order chi connectivity index (χ0) is 8.48. The smallest absolute Gasteiger partial charge is 0.0827 e. The molecule has 0 radical (unpaired) electrons. The van der Waals surface area contributed by atoms with Gasteiger partial charge in [0.15, 0.2) is 0 Å². The van der Waals surface area contributed by atoms with Crippen molar-refractivity contribution < 1.29 is 5.11 Å². The molecule has 64 valence electrons. The lowest BCUT2D eigenvalue weighted by atomic mass is 9.92. The fourth-order valence-electron chi connectivity index (χ4n) is 1.85. The molecule has 1 fully saturated rings. The highest BCUT2D eigenvalue weighted by molar-refractivity contribution is 5.01. The molecule has 0 aromatic heterocycles. The quantitative estimate of drug-likeness (QED) is 0.605. The first-order chi connectivity index (χ1) is 5.07. The van der Waals surface area contributed by atoms with Crippen LogP contribution < -0.4 is 0 Å².